The Morgan fingerprint density at radius 3 is 2.55 bits per heavy atom. The molecule has 0 aromatic heterocycles. The first kappa shape index (κ1) is 17.4. The van der Waals surface area contributed by atoms with Gasteiger partial charge in [0, 0.05) is 17.3 Å². The van der Waals surface area contributed by atoms with E-state index in [1.807, 2.05) is 0 Å². The highest BCUT2D eigenvalue weighted by Crippen LogP contribution is 2.30. The van der Waals surface area contributed by atoms with Crippen LogP contribution in [0, 0.1) is 22.0 Å². The topological polar surface area (TPSA) is 72.6 Å². The van der Waals surface area contributed by atoms with Crippen LogP contribution < -0.4 is 0 Å². The summed E-state index contributed by atoms with van der Waals surface area (Å²) < 4.78 is 5.38. The van der Waals surface area contributed by atoms with E-state index in [9.17, 15) is 10.1 Å². The summed E-state index contributed by atoms with van der Waals surface area (Å²) in [4.78, 5) is 11.2. The third-order valence-electron chi connectivity index (χ3n) is 5.16. The van der Waals surface area contributed by atoms with E-state index in [1.165, 1.54) is 6.42 Å². The van der Waals surface area contributed by atoms with Crippen molar-refractivity contribution in [1.29, 1.82) is 0 Å². The van der Waals surface area contributed by atoms with Crippen LogP contribution in [0.5, 0.6) is 0 Å². The van der Waals surface area contributed by atoms with Crippen LogP contribution in [0.1, 0.15) is 64.2 Å². The lowest BCUT2D eigenvalue weighted by Crippen LogP contribution is -2.27. The van der Waals surface area contributed by atoms with Gasteiger partial charge in [-0.3, -0.25) is 10.1 Å². The van der Waals surface area contributed by atoms with Gasteiger partial charge in [-0.15, -0.1) is 0 Å². The van der Waals surface area contributed by atoms with Crippen molar-refractivity contribution in [2.75, 3.05) is 6.79 Å². The van der Waals surface area contributed by atoms with Crippen molar-refractivity contribution < 1.29 is 14.8 Å². The maximum Gasteiger partial charge on any atom is 0.219 e. The molecule has 0 aromatic carbocycles. The molecule has 1 N–H and O–H groups in total. The number of nitrogens with zero attached hydrogens (tertiary/aromatic N) is 1. The van der Waals surface area contributed by atoms with Gasteiger partial charge in [0.15, 0.2) is 0 Å². The molecule has 0 aliphatic heterocycles. The molecule has 0 aromatic rings. The molecule has 22 heavy (non-hydrogen) atoms. The van der Waals surface area contributed by atoms with Crippen LogP contribution >= 0.6 is 0 Å². The summed E-state index contributed by atoms with van der Waals surface area (Å²) in [7, 11) is 0. The molecule has 0 heterocycles. The van der Waals surface area contributed by atoms with Gasteiger partial charge in [0.1, 0.15) is 6.79 Å². The van der Waals surface area contributed by atoms with Crippen LogP contribution in [0.25, 0.3) is 0 Å². The molecule has 2 rings (SSSR count). The van der Waals surface area contributed by atoms with E-state index in [0.29, 0.717) is 12.3 Å². The smallest absolute Gasteiger partial charge is 0.219 e. The second-order valence-electron chi connectivity index (χ2n) is 6.74. The predicted molar refractivity (Wildman–Crippen MR) is 85.0 cm³/mol. The highest BCUT2D eigenvalue weighted by atomic mass is 16.6. The van der Waals surface area contributed by atoms with Crippen molar-refractivity contribution in [3.05, 3.63) is 22.3 Å². The minimum Gasteiger partial charge on any atom is -0.371 e. The van der Waals surface area contributed by atoms with E-state index in [1.54, 1.807) is 0 Å². The summed E-state index contributed by atoms with van der Waals surface area (Å²) in [6, 6.07) is -0.408. The zero-order valence-corrected chi connectivity index (χ0v) is 13.4. The average molecular weight is 311 g/mol. The van der Waals surface area contributed by atoms with Gasteiger partial charge in [-0.05, 0) is 38.0 Å². The summed E-state index contributed by atoms with van der Waals surface area (Å²) in [6.07, 6.45) is 14.6. The number of nitro groups is 1. The van der Waals surface area contributed by atoms with Gasteiger partial charge < -0.3 is 9.84 Å². The molecule has 0 spiro atoms. The molecule has 4 atom stereocenters. The molecular weight excluding hydrogens is 282 g/mol. The lowest BCUT2D eigenvalue weighted by atomic mass is 9.91. The minimum atomic E-state index is -0.408. The van der Waals surface area contributed by atoms with Gasteiger partial charge in [-0.25, -0.2) is 0 Å². The summed E-state index contributed by atoms with van der Waals surface area (Å²) in [6.45, 7) is -0.215. The van der Waals surface area contributed by atoms with Crippen LogP contribution in [0.4, 0.5) is 0 Å². The van der Waals surface area contributed by atoms with Gasteiger partial charge in [0.25, 0.3) is 0 Å². The lowest BCUT2D eigenvalue weighted by molar-refractivity contribution is -0.530. The molecule has 2 aliphatic carbocycles. The Morgan fingerprint density at radius 1 is 1.05 bits per heavy atom. The molecule has 2 saturated carbocycles. The van der Waals surface area contributed by atoms with Crippen LogP contribution in [0.2, 0.25) is 0 Å². The number of rotatable bonds is 5. The summed E-state index contributed by atoms with van der Waals surface area (Å²) in [5, 5.41) is 20.2. The van der Waals surface area contributed by atoms with Crippen LogP contribution in [-0.2, 0) is 4.74 Å². The normalized spacial score (nSPS) is 34.2. The first-order valence-electron chi connectivity index (χ1n) is 8.75. The van der Waals surface area contributed by atoms with E-state index >= 15 is 0 Å². The van der Waals surface area contributed by atoms with E-state index in [4.69, 9.17) is 9.84 Å². The Labute approximate surface area is 132 Å². The van der Waals surface area contributed by atoms with Gasteiger partial charge in [-0.2, -0.15) is 0 Å². The number of ether oxygens (including phenoxy) is 1. The molecule has 0 bridgehead atoms. The Morgan fingerprint density at radius 2 is 1.77 bits per heavy atom. The Bertz CT molecular complexity index is 372. The fourth-order valence-corrected chi connectivity index (χ4v) is 3.89. The quantitative estimate of drug-likeness (QED) is 0.276. The third-order valence-corrected chi connectivity index (χ3v) is 5.16. The zero-order chi connectivity index (χ0) is 15.8. The average Bonchev–Trinajstić information content (AvgIpc) is 2.85. The largest absolute Gasteiger partial charge is 0.371 e. The standard InChI is InChI=1S/C17H29NO4/c19-13-22-16-8-5-4-6-14(12-16)10-11-15-7-2-1-3-9-17(15)18(20)21/h10-11,14-17,19H,1-9,12-13H2/b11-10+. The van der Waals surface area contributed by atoms with E-state index < -0.39 is 6.04 Å². The predicted octanol–water partition coefficient (Wildman–Crippen LogP) is 3.68. The van der Waals surface area contributed by atoms with Crippen molar-refractivity contribution in [3.63, 3.8) is 0 Å². The van der Waals surface area contributed by atoms with Crippen LogP contribution in [-0.4, -0.2) is 29.0 Å². The van der Waals surface area contributed by atoms with Crippen LogP contribution in [0.3, 0.4) is 0 Å². The fraction of sp³-hybridized carbons (Fsp3) is 0.882. The number of allylic oxidation sites excluding steroid dienone is 1. The third kappa shape index (κ3) is 5.36. The Balaban J connectivity index is 1.96. The lowest BCUT2D eigenvalue weighted by Gasteiger charge is -2.19. The fourth-order valence-electron chi connectivity index (χ4n) is 3.89. The molecule has 0 amide bonds. The highest BCUT2D eigenvalue weighted by Gasteiger charge is 2.31. The zero-order valence-electron chi connectivity index (χ0n) is 13.4. The molecule has 2 aliphatic rings. The first-order chi connectivity index (χ1) is 10.7. The van der Waals surface area contributed by atoms with Crippen molar-refractivity contribution in [3.8, 4) is 0 Å². The van der Waals surface area contributed by atoms with E-state index in [0.717, 1.165) is 51.4 Å². The van der Waals surface area contributed by atoms with Crippen molar-refractivity contribution in [2.45, 2.75) is 76.4 Å². The molecule has 5 heteroatoms. The SMILES string of the molecule is O=[N+]([O-])C1CCCCCC1/C=C/C1CCCCC(OCO)C1. The second-order valence-corrected chi connectivity index (χ2v) is 6.74. The minimum absolute atomic E-state index is 0.0783. The summed E-state index contributed by atoms with van der Waals surface area (Å²) in [5.74, 6) is 0.507. The molecule has 4 unspecified atom stereocenters. The number of hydrogen-bond acceptors (Lipinski definition) is 4. The number of aliphatic hydroxyl groups is 1. The second kappa shape index (κ2) is 9.26. The van der Waals surface area contributed by atoms with Gasteiger partial charge in [-0.1, -0.05) is 37.8 Å². The molecule has 0 radical (unpaired) electrons. The van der Waals surface area contributed by atoms with Gasteiger partial charge in [0.05, 0.1) is 6.10 Å². The number of hydrogen-bond donors (Lipinski definition) is 1. The maximum atomic E-state index is 11.3. The summed E-state index contributed by atoms with van der Waals surface area (Å²) in [5.41, 5.74) is 0. The molecular formula is C17H29NO4. The van der Waals surface area contributed by atoms with Gasteiger partial charge >= 0.3 is 0 Å². The van der Waals surface area contributed by atoms with Gasteiger partial charge in [0.2, 0.25) is 6.04 Å². The van der Waals surface area contributed by atoms with E-state index in [2.05, 4.69) is 12.2 Å². The van der Waals surface area contributed by atoms with Crippen LogP contribution in [0.15, 0.2) is 12.2 Å². The maximum absolute atomic E-state index is 11.3. The Hall–Kier alpha value is -0.940. The van der Waals surface area contributed by atoms with E-state index in [-0.39, 0.29) is 23.7 Å². The molecule has 2 fully saturated rings. The molecule has 5 nitrogen and oxygen atoms in total. The Kier molecular flexibility index (Phi) is 7.33. The highest BCUT2D eigenvalue weighted by molar-refractivity contribution is 4.97. The molecule has 0 saturated heterocycles. The van der Waals surface area contributed by atoms with Crippen molar-refractivity contribution >= 4 is 0 Å². The monoisotopic (exact) mass is 311 g/mol. The first-order valence-corrected chi connectivity index (χ1v) is 8.75. The summed E-state index contributed by atoms with van der Waals surface area (Å²) >= 11 is 0. The van der Waals surface area contributed by atoms with Crippen molar-refractivity contribution in [1.82, 2.24) is 0 Å². The van der Waals surface area contributed by atoms with Crippen molar-refractivity contribution in [2.24, 2.45) is 11.8 Å². The molecule has 126 valence electrons. The number of aliphatic hydroxyl groups excluding tert-OH is 1.